The molecule has 11 nitrogen and oxygen atoms in total. The maximum absolute atomic E-state index is 13.4. The molecule has 14 heteroatoms. The molecule has 0 spiro atoms. The lowest BCUT2D eigenvalue weighted by atomic mass is 9.81. The van der Waals surface area contributed by atoms with Gasteiger partial charge in [-0.15, -0.1) is 37.2 Å². The summed E-state index contributed by atoms with van der Waals surface area (Å²) in [7, 11) is 4.24. The molecule has 6 rings (SSSR count). The van der Waals surface area contributed by atoms with Gasteiger partial charge in [-0.1, -0.05) is 66.8 Å². The highest BCUT2D eigenvalue weighted by Gasteiger charge is 2.38. The van der Waals surface area contributed by atoms with Crippen LogP contribution < -0.4 is 21.3 Å². The van der Waals surface area contributed by atoms with E-state index in [1.165, 1.54) is 40.0 Å². The van der Waals surface area contributed by atoms with E-state index in [9.17, 15) is 19.8 Å². The third-order valence-corrected chi connectivity index (χ3v) is 8.96. The molecular formula is C42H52Cl3N5O6. The smallest absolute Gasteiger partial charge is 0.200 e. The number of benzene rings is 4. The zero-order valence-corrected chi connectivity index (χ0v) is 34.0. The number of carbonyl (C=O) groups excluding carboxylic acids is 2. The number of hydrogen-bond acceptors (Lipinski definition) is 11. The molecule has 0 aliphatic heterocycles. The minimum absolute atomic E-state index is 0. The number of fused-ring (bicyclic) bond motifs is 4. The Hall–Kier alpha value is -4.43. The van der Waals surface area contributed by atoms with E-state index in [-0.39, 0.29) is 84.2 Å². The van der Waals surface area contributed by atoms with Crippen LogP contribution in [-0.2, 0) is 0 Å². The summed E-state index contributed by atoms with van der Waals surface area (Å²) in [5, 5.41) is 50.6. The Bertz CT molecular complexity index is 1860. The molecule has 0 unspecified atom stereocenters. The van der Waals surface area contributed by atoms with Crippen LogP contribution in [0.5, 0.6) is 11.5 Å². The first-order chi connectivity index (χ1) is 25.8. The standard InChI is InChI=1S/C22H28N4O6.C20H21N.3ClH/c27-11-9-23-5-7-25-13-1-2-14(26-8-6-24-10-12-28)18-17(13)21(31)19-15(29)3-4-16(30)20(19)22(18)32;1-21(2)15-7-12-20-18-10-5-3-8-16(18)13-14-17-9-4-6-11-19(17)20;;;/h1-4,23-30H,5-12H2;3-6,8-14H,7,15H2,1-2H3;3*1H. The molecule has 0 saturated heterocycles. The number of carbonyl (C=O) groups is 2. The number of rotatable bonds is 15. The Morgan fingerprint density at radius 2 is 1.00 bits per heavy atom. The fraction of sp³-hybridized carbons (Fsp3) is 0.286. The van der Waals surface area contributed by atoms with Gasteiger partial charge in [-0.2, -0.15) is 0 Å². The zero-order chi connectivity index (χ0) is 37.7. The van der Waals surface area contributed by atoms with Crippen LogP contribution in [0.4, 0.5) is 11.4 Å². The van der Waals surface area contributed by atoms with Gasteiger partial charge in [0.05, 0.1) is 35.5 Å². The molecule has 0 radical (unpaired) electrons. The summed E-state index contributed by atoms with van der Waals surface area (Å²) in [6.07, 6.45) is 7.89. The fourth-order valence-corrected chi connectivity index (χ4v) is 6.43. The van der Waals surface area contributed by atoms with Crippen molar-refractivity contribution in [1.29, 1.82) is 0 Å². The molecule has 2 aliphatic carbocycles. The maximum atomic E-state index is 13.4. The lowest BCUT2D eigenvalue weighted by Gasteiger charge is -2.25. The van der Waals surface area contributed by atoms with Gasteiger partial charge in [0.25, 0.3) is 0 Å². The predicted octanol–water partition coefficient (Wildman–Crippen LogP) is 5.68. The molecule has 302 valence electrons. The first kappa shape index (κ1) is 47.7. The number of halogens is 3. The minimum Gasteiger partial charge on any atom is -0.507 e. The maximum Gasteiger partial charge on any atom is 0.200 e. The second-order valence-electron chi connectivity index (χ2n) is 12.9. The van der Waals surface area contributed by atoms with Gasteiger partial charge in [0.15, 0.2) is 0 Å². The summed E-state index contributed by atoms with van der Waals surface area (Å²) in [6.45, 7) is 3.88. The molecule has 4 aromatic carbocycles. The van der Waals surface area contributed by atoms with E-state index in [0.717, 1.165) is 13.0 Å². The molecule has 2 aliphatic rings. The van der Waals surface area contributed by atoms with Crippen molar-refractivity contribution in [2.75, 3.05) is 83.8 Å². The molecule has 0 aromatic heterocycles. The van der Waals surface area contributed by atoms with Crippen LogP contribution in [0, 0.1) is 0 Å². The van der Waals surface area contributed by atoms with E-state index in [0.29, 0.717) is 50.6 Å². The topological polar surface area (TPSA) is 166 Å². The minimum atomic E-state index is -0.559. The van der Waals surface area contributed by atoms with E-state index < -0.39 is 11.6 Å². The summed E-state index contributed by atoms with van der Waals surface area (Å²) in [5.41, 5.74) is 7.29. The molecule has 56 heavy (non-hydrogen) atoms. The van der Waals surface area contributed by atoms with E-state index in [1.807, 2.05) is 0 Å². The predicted molar refractivity (Wildman–Crippen MR) is 234 cm³/mol. The summed E-state index contributed by atoms with van der Waals surface area (Å²) < 4.78 is 0. The number of aliphatic hydroxyl groups is 2. The van der Waals surface area contributed by atoms with E-state index in [1.54, 1.807) is 12.1 Å². The van der Waals surface area contributed by atoms with Crippen molar-refractivity contribution < 1.29 is 30.0 Å². The van der Waals surface area contributed by atoms with Gasteiger partial charge in [-0.3, -0.25) is 9.59 Å². The van der Waals surface area contributed by atoms with Crippen LogP contribution >= 0.6 is 37.2 Å². The first-order valence-corrected chi connectivity index (χ1v) is 17.9. The average Bonchev–Trinajstić information content (AvgIpc) is 3.31. The Morgan fingerprint density at radius 3 is 1.41 bits per heavy atom. The van der Waals surface area contributed by atoms with E-state index in [2.05, 4.69) is 107 Å². The van der Waals surface area contributed by atoms with Gasteiger partial charge in [0.2, 0.25) is 11.6 Å². The first-order valence-electron chi connectivity index (χ1n) is 17.9. The van der Waals surface area contributed by atoms with Crippen LogP contribution in [0.25, 0.3) is 17.7 Å². The summed E-state index contributed by atoms with van der Waals surface area (Å²) in [6, 6.07) is 23.0. The lowest BCUT2D eigenvalue weighted by molar-refractivity contribution is 0.0975. The molecule has 0 amide bonds. The third-order valence-electron chi connectivity index (χ3n) is 8.96. The Labute approximate surface area is 347 Å². The molecule has 0 fully saturated rings. The van der Waals surface area contributed by atoms with Crippen molar-refractivity contribution >= 4 is 77.9 Å². The van der Waals surface area contributed by atoms with Crippen molar-refractivity contribution in [3.63, 3.8) is 0 Å². The van der Waals surface area contributed by atoms with Crippen LogP contribution in [0.1, 0.15) is 60.5 Å². The van der Waals surface area contributed by atoms with Crippen molar-refractivity contribution in [3.05, 3.63) is 123 Å². The average molecular weight is 829 g/mol. The number of hydrogen-bond donors (Lipinski definition) is 8. The summed E-state index contributed by atoms with van der Waals surface area (Å²) >= 11 is 0. The highest BCUT2D eigenvalue weighted by atomic mass is 35.5. The van der Waals surface area contributed by atoms with Gasteiger partial charge >= 0.3 is 0 Å². The molecule has 8 N–H and O–H groups in total. The molecule has 4 aromatic rings. The van der Waals surface area contributed by atoms with Crippen LogP contribution in [0.15, 0.2) is 78.9 Å². The van der Waals surface area contributed by atoms with Crippen LogP contribution in [0.3, 0.4) is 0 Å². The van der Waals surface area contributed by atoms with Gasteiger partial charge < -0.3 is 46.6 Å². The molecular weight excluding hydrogens is 777 g/mol. The summed E-state index contributed by atoms with van der Waals surface area (Å²) in [4.78, 5) is 29.0. The van der Waals surface area contributed by atoms with Crippen molar-refractivity contribution in [1.82, 2.24) is 15.5 Å². The van der Waals surface area contributed by atoms with Gasteiger partial charge in [-0.25, -0.2) is 0 Å². The summed E-state index contributed by atoms with van der Waals surface area (Å²) in [5.74, 6) is -1.86. The zero-order valence-electron chi connectivity index (χ0n) is 31.5. The highest BCUT2D eigenvalue weighted by molar-refractivity contribution is 6.33. The van der Waals surface area contributed by atoms with Crippen molar-refractivity contribution in [2.45, 2.75) is 6.42 Å². The molecule has 0 bridgehead atoms. The van der Waals surface area contributed by atoms with Gasteiger partial charge in [0.1, 0.15) is 11.5 Å². The van der Waals surface area contributed by atoms with Gasteiger partial charge in [0, 0.05) is 57.2 Å². The molecule has 0 saturated carbocycles. The number of nitrogens with one attached hydrogen (secondary N) is 4. The largest absolute Gasteiger partial charge is 0.507 e. The number of aliphatic hydroxyl groups excluding tert-OH is 2. The Balaban J connectivity index is 0.000000394. The Kier molecular flexibility index (Phi) is 20.1. The highest BCUT2D eigenvalue weighted by Crippen LogP contribution is 2.42. The van der Waals surface area contributed by atoms with Crippen LogP contribution in [0.2, 0.25) is 0 Å². The van der Waals surface area contributed by atoms with Crippen molar-refractivity contribution in [2.24, 2.45) is 0 Å². The second kappa shape index (κ2) is 23.6. The fourth-order valence-electron chi connectivity index (χ4n) is 6.43. The number of anilines is 2. The van der Waals surface area contributed by atoms with Gasteiger partial charge in [-0.05, 0) is 72.6 Å². The van der Waals surface area contributed by atoms with E-state index in [4.69, 9.17) is 10.2 Å². The second-order valence-corrected chi connectivity index (χ2v) is 12.9. The Morgan fingerprint density at radius 1 is 0.571 bits per heavy atom. The number of nitrogens with zero attached hydrogens (tertiary/aromatic N) is 1. The number of phenolic OH excluding ortho intramolecular Hbond substituents is 2. The quantitative estimate of drug-likeness (QED) is 0.0475. The normalized spacial score (nSPS) is 11.9. The number of phenols is 2. The number of aromatic hydroxyl groups is 2. The SMILES string of the molecule is CN(C)CCC=C1c2ccccc2C=Cc2ccccc21.Cl.Cl.Cl.O=C1c2c(O)ccc(O)c2C(=O)c2c(NCCNCCO)ccc(NCCNCCO)c21. The van der Waals surface area contributed by atoms with Crippen molar-refractivity contribution in [3.8, 4) is 11.5 Å². The van der Waals surface area contributed by atoms with Crippen LogP contribution in [-0.4, -0.2) is 110 Å². The molecule has 0 heterocycles. The van der Waals surface area contributed by atoms with E-state index >= 15 is 0 Å². The third kappa shape index (κ3) is 11.6. The molecule has 0 atom stereocenters. The number of ketones is 2. The monoisotopic (exact) mass is 827 g/mol. The lowest BCUT2D eigenvalue weighted by Crippen LogP contribution is -2.28.